The average molecular weight is 721 g/mol. The highest BCUT2D eigenvalue weighted by atomic mass is 32.1. The molecule has 0 amide bonds. The molecule has 12 aromatic rings. The van der Waals surface area contributed by atoms with Crippen molar-refractivity contribution in [2.75, 3.05) is 0 Å². The third-order valence-corrected chi connectivity index (χ3v) is 12.0. The van der Waals surface area contributed by atoms with Crippen LogP contribution in [0.5, 0.6) is 0 Å². The van der Waals surface area contributed by atoms with E-state index in [-0.39, 0.29) is 0 Å². The first-order chi connectivity index (χ1) is 27.2. The molecule has 0 atom stereocenters. The molecule has 5 nitrogen and oxygen atoms in total. The largest absolute Gasteiger partial charge is 0.456 e. The van der Waals surface area contributed by atoms with Crippen LogP contribution in [-0.4, -0.2) is 19.5 Å². The number of rotatable bonds is 4. The van der Waals surface area contributed by atoms with Gasteiger partial charge in [-0.3, -0.25) is 0 Å². The van der Waals surface area contributed by atoms with Crippen molar-refractivity contribution < 1.29 is 4.42 Å². The van der Waals surface area contributed by atoms with Gasteiger partial charge in [-0.2, -0.15) is 0 Å². The van der Waals surface area contributed by atoms with Crippen molar-refractivity contribution in [3.63, 3.8) is 0 Å². The lowest BCUT2D eigenvalue weighted by Crippen LogP contribution is -2.00. The molecule has 55 heavy (non-hydrogen) atoms. The van der Waals surface area contributed by atoms with E-state index in [1.54, 1.807) is 11.3 Å². The number of para-hydroxylation sites is 2. The molecule has 0 saturated heterocycles. The van der Waals surface area contributed by atoms with Crippen LogP contribution in [0.1, 0.15) is 0 Å². The van der Waals surface area contributed by atoms with E-state index in [4.69, 9.17) is 19.4 Å². The van der Waals surface area contributed by atoms with Crippen LogP contribution in [-0.2, 0) is 0 Å². The van der Waals surface area contributed by atoms with Gasteiger partial charge >= 0.3 is 0 Å². The van der Waals surface area contributed by atoms with Gasteiger partial charge < -0.3 is 8.98 Å². The molecule has 4 aromatic heterocycles. The maximum absolute atomic E-state index is 6.49. The summed E-state index contributed by atoms with van der Waals surface area (Å²) in [4.78, 5) is 15.6. The normalized spacial score (nSPS) is 12.0. The van der Waals surface area contributed by atoms with Crippen LogP contribution in [0.25, 0.3) is 115 Å². The van der Waals surface area contributed by atoms with Crippen molar-refractivity contribution in [1.29, 1.82) is 0 Å². The lowest BCUT2D eigenvalue weighted by Gasteiger charge is -2.10. The van der Waals surface area contributed by atoms with Gasteiger partial charge in [0, 0.05) is 64.1 Å². The van der Waals surface area contributed by atoms with Crippen LogP contribution in [0, 0.1) is 0 Å². The van der Waals surface area contributed by atoms with E-state index < -0.39 is 0 Å². The van der Waals surface area contributed by atoms with Gasteiger partial charge in [0.05, 0.1) is 11.0 Å². The van der Waals surface area contributed by atoms with Gasteiger partial charge in [0.25, 0.3) is 0 Å². The fraction of sp³-hybridized carbons (Fsp3) is 0. The molecule has 0 aliphatic rings. The number of furan rings is 1. The molecule has 0 fully saturated rings. The van der Waals surface area contributed by atoms with Crippen LogP contribution in [0.3, 0.4) is 0 Å². The highest BCUT2D eigenvalue weighted by Crippen LogP contribution is 2.39. The molecule has 0 spiro atoms. The number of benzene rings is 8. The Hall–Kier alpha value is -7.15. The summed E-state index contributed by atoms with van der Waals surface area (Å²) in [6.07, 6.45) is 0. The third-order valence-electron chi connectivity index (χ3n) is 10.8. The highest BCUT2D eigenvalue weighted by Gasteiger charge is 2.18. The van der Waals surface area contributed by atoms with E-state index >= 15 is 0 Å². The number of nitrogens with zero attached hydrogens (tertiary/aromatic N) is 4. The van der Waals surface area contributed by atoms with Gasteiger partial charge in [-0.05, 0) is 83.6 Å². The number of hydrogen-bond donors (Lipinski definition) is 0. The highest BCUT2D eigenvalue weighted by molar-refractivity contribution is 7.25. The Morgan fingerprint density at radius 3 is 1.78 bits per heavy atom. The Kier molecular flexibility index (Phi) is 6.44. The van der Waals surface area contributed by atoms with Crippen LogP contribution in [0.15, 0.2) is 174 Å². The smallest absolute Gasteiger partial charge is 0.164 e. The van der Waals surface area contributed by atoms with Crippen molar-refractivity contribution in [2.24, 2.45) is 0 Å². The monoisotopic (exact) mass is 720 g/mol. The predicted octanol–water partition coefficient (Wildman–Crippen LogP) is 13.4. The first kappa shape index (κ1) is 30.3. The summed E-state index contributed by atoms with van der Waals surface area (Å²) in [6, 6.07) is 59.8. The van der Waals surface area contributed by atoms with Gasteiger partial charge in [-0.1, -0.05) is 97.1 Å². The topological polar surface area (TPSA) is 56.7 Å². The fourth-order valence-electron chi connectivity index (χ4n) is 8.19. The van der Waals surface area contributed by atoms with Gasteiger partial charge in [-0.25, -0.2) is 15.0 Å². The molecule has 0 bridgehead atoms. The molecule has 0 unspecified atom stereocenters. The van der Waals surface area contributed by atoms with Crippen LogP contribution in [0.2, 0.25) is 0 Å². The van der Waals surface area contributed by atoms with Gasteiger partial charge in [0.15, 0.2) is 17.5 Å². The van der Waals surface area contributed by atoms with E-state index in [0.29, 0.717) is 17.5 Å². The van der Waals surface area contributed by atoms with E-state index in [2.05, 4.69) is 174 Å². The van der Waals surface area contributed by atoms with Gasteiger partial charge in [0.1, 0.15) is 11.2 Å². The standard InChI is InChI=1S/C49H28N4OS/c1-2-12-34(13-3-1)53-41-16-8-6-14-35(41)36-21-18-32(26-42(36)53)48-50-47(31-20-23-46-40(25-31)38-15-7-9-17-45(38)55-46)51-49(52-48)33-19-22-37-39-24-29-10-4-5-11-30(29)27-44(39)54-43(37)28-33/h1-28H. The third kappa shape index (κ3) is 4.75. The van der Waals surface area contributed by atoms with Crippen molar-refractivity contribution in [2.45, 2.75) is 0 Å². The Morgan fingerprint density at radius 2 is 0.964 bits per heavy atom. The van der Waals surface area contributed by atoms with E-state index in [9.17, 15) is 0 Å². The summed E-state index contributed by atoms with van der Waals surface area (Å²) in [6.45, 7) is 0. The molecule has 8 aromatic carbocycles. The first-order valence-electron chi connectivity index (χ1n) is 18.3. The molecule has 256 valence electrons. The Bertz CT molecular complexity index is 3500. The van der Waals surface area contributed by atoms with Crippen molar-refractivity contribution in [1.82, 2.24) is 19.5 Å². The summed E-state index contributed by atoms with van der Waals surface area (Å²) in [5.74, 6) is 1.82. The lowest BCUT2D eigenvalue weighted by atomic mass is 10.0. The molecule has 0 aliphatic carbocycles. The maximum atomic E-state index is 6.49. The van der Waals surface area contributed by atoms with Crippen molar-refractivity contribution in [3.05, 3.63) is 170 Å². The maximum Gasteiger partial charge on any atom is 0.164 e. The summed E-state index contributed by atoms with van der Waals surface area (Å²) in [5, 5.41) is 9.31. The fourth-order valence-corrected chi connectivity index (χ4v) is 9.28. The second-order valence-corrected chi connectivity index (χ2v) is 15.1. The molecule has 12 rings (SSSR count). The van der Waals surface area contributed by atoms with Crippen LogP contribution >= 0.6 is 11.3 Å². The lowest BCUT2D eigenvalue weighted by molar-refractivity contribution is 0.669. The summed E-state index contributed by atoms with van der Waals surface area (Å²) in [5.41, 5.74) is 7.73. The minimum Gasteiger partial charge on any atom is -0.456 e. The summed E-state index contributed by atoms with van der Waals surface area (Å²) < 4.78 is 11.3. The molecular formula is C49H28N4OS. The first-order valence-corrected chi connectivity index (χ1v) is 19.2. The predicted molar refractivity (Wildman–Crippen MR) is 228 cm³/mol. The minimum absolute atomic E-state index is 0.589. The molecular weight excluding hydrogens is 693 g/mol. The second-order valence-electron chi connectivity index (χ2n) is 14.0. The Morgan fingerprint density at radius 1 is 0.382 bits per heavy atom. The quantitative estimate of drug-likeness (QED) is 0.182. The molecule has 0 saturated carbocycles. The zero-order chi connectivity index (χ0) is 36.0. The van der Waals surface area contributed by atoms with Gasteiger partial charge in [-0.15, -0.1) is 11.3 Å². The number of aromatic nitrogens is 4. The average Bonchev–Trinajstić information content (AvgIpc) is 3.91. The van der Waals surface area contributed by atoms with Crippen LogP contribution < -0.4 is 0 Å². The summed E-state index contributed by atoms with van der Waals surface area (Å²) >= 11 is 1.81. The van der Waals surface area contributed by atoms with Crippen LogP contribution in [0.4, 0.5) is 0 Å². The second kappa shape index (κ2) is 11.7. The zero-order valence-corrected chi connectivity index (χ0v) is 30.1. The molecule has 0 aliphatic heterocycles. The number of fused-ring (bicyclic) bond motifs is 10. The van der Waals surface area contributed by atoms with Gasteiger partial charge in [0.2, 0.25) is 0 Å². The van der Waals surface area contributed by atoms with Crippen molar-refractivity contribution >= 4 is 86.0 Å². The Balaban J connectivity index is 1.08. The Labute approximate surface area is 318 Å². The zero-order valence-electron chi connectivity index (χ0n) is 29.3. The van der Waals surface area contributed by atoms with E-state index in [1.165, 1.54) is 36.3 Å². The van der Waals surface area contributed by atoms with Crippen molar-refractivity contribution in [3.8, 4) is 39.9 Å². The molecule has 6 heteroatoms. The number of thiophene rings is 1. The number of hydrogen-bond acceptors (Lipinski definition) is 5. The van der Waals surface area contributed by atoms with E-state index in [1.807, 2.05) is 0 Å². The molecule has 0 radical (unpaired) electrons. The minimum atomic E-state index is 0.589. The summed E-state index contributed by atoms with van der Waals surface area (Å²) in [7, 11) is 0. The SMILES string of the molecule is c1ccc(-n2c3ccccc3c3ccc(-c4nc(-c5ccc6c(c5)oc5cc7ccccc7cc56)nc(-c5ccc6sc7ccccc7c6c5)n4)cc32)cc1. The molecule has 4 heterocycles. The van der Waals surface area contributed by atoms with E-state index in [0.717, 1.165) is 60.7 Å². The molecule has 0 N–H and O–H groups in total.